The Hall–Kier alpha value is -0.350. The normalized spacial score (nSPS) is 25.3. The lowest BCUT2D eigenvalue weighted by Crippen LogP contribution is -2.43. The number of rotatable bonds is 3. The van der Waals surface area contributed by atoms with Crippen LogP contribution >= 0.6 is 23.2 Å². The van der Waals surface area contributed by atoms with Crippen LogP contribution in [-0.4, -0.2) is 36.2 Å². The van der Waals surface area contributed by atoms with E-state index in [1.54, 1.807) is 19.4 Å². The van der Waals surface area contributed by atoms with Gasteiger partial charge in [-0.3, -0.25) is 4.90 Å². The largest absolute Gasteiger partial charge is 0.380 e. The average Bonchev–Trinajstić information content (AvgIpc) is 2.35. The molecule has 1 aromatic heterocycles. The summed E-state index contributed by atoms with van der Waals surface area (Å²) in [5.74, 6) is 0.616. The molecule has 1 aromatic rings. The predicted octanol–water partition coefficient (Wildman–Crippen LogP) is 3.25. The summed E-state index contributed by atoms with van der Waals surface area (Å²) in [5, 5.41) is 1.12. The fourth-order valence-electron chi connectivity index (χ4n) is 2.34. The Kier molecular flexibility index (Phi) is 4.84. The van der Waals surface area contributed by atoms with Crippen LogP contribution in [0.2, 0.25) is 10.2 Å². The lowest BCUT2D eigenvalue weighted by molar-refractivity contribution is -0.00746. The third kappa shape index (κ3) is 3.35. The Morgan fingerprint density at radius 1 is 1.50 bits per heavy atom. The van der Waals surface area contributed by atoms with E-state index in [-0.39, 0.29) is 0 Å². The van der Waals surface area contributed by atoms with Gasteiger partial charge in [0.25, 0.3) is 0 Å². The van der Waals surface area contributed by atoms with Crippen molar-refractivity contribution in [2.75, 3.05) is 20.2 Å². The quantitative estimate of drug-likeness (QED) is 0.799. The van der Waals surface area contributed by atoms with Crippen LogP contribution in [0.4, 0.5) is 0 Å². The molecule has 2 unspecified atom stereocenters. The number of nitrogens with zero attached hydrogens (tertiary/aromatic N) is 2. The smallest absolute Gasteiger partial charge is 0.130 e. The van der Waals surface area contributed by atoms with Crippen LogP contribution in [0.25, 0.3) is 0 Å². The number of aromatic nitrogens is 1. The zero-order chi connectivity index (χ0) is 13.1. The molecule has 0 amide bonds. The molecule has 2 atom stereocenters. The van der Waals surface area contributed by atoms with E-state index in [1.165, 1.54) is 0 Å². The lowest BCUT2D eigenvalue weighted by atomic mass is 9.95. The minimum atomic E-state index is 0.304. The standard InChI is InChI=1S/C13H18Cl2N2O/c1-9-3-4-17(8-12(9)18-2)7-10-6-16-13(15)5-11(10)14/h5-6,9,12H,3-4,7-8H2,1-2H3. The van der Waals surface area contributed by atoms with E-state index in [9.17, 15) is 0 Å². The average molecular weight is 289 g/mol. The molecule has 18 heavy (non-hydrogen) atoms. The summed E-state index contributed by atoms with van der Waals surface area (Å²) < 4.78 is 5.51. The third-order valence-corrected chi connectivity index (χ3v) is 4.13. The molecule has 2 heterocycles. The number of hydrogen-bond donors (Lipinski definition) is 0. The number of likely N-dealkylation sites (tertiary alicyclic amines) is 1. The van der Waals surface area contributed by atoms with Gasteiger partial charge < -0.3 is 4.74 Å². The fraction of sp³-hybridized carbons (Fsp3) is 0.615. The van der Waals surface area contributed by atoms with E-state index in [4.69, 9.17) is 27.9 Å². The van der Waals surface area contributed by atoms with E-state index in [1.807, 2.05) is 0 Å². The summed E-state index contributed by atoms with van der Waals surface area (Å²) in [7, 11) is 1.78. The molecule has 0 aromatic carbocycles. The van der Waals surface area contributed by atoms with Crippen molar-refractivity contribution >= 4 is 23.2 Å². The lowest BCUT2D eigenvalue weighted by Gasteiger charge is -2.36. The Labute approximate surface area is 118 Å². The van der Waals surface area contributed by atoms with E-state index >= 15 is 0 Å². The van der Waals surface area contributed by atoms with Crippen molar-refractivity contribution in [2.24, 2.45) is 5.92 Å². The molecule has 100 valence electrons. The molecule has 3 nitrogen and oxygen atoms in total. The number of methoxy groups -OCH3 is 1. The first kappa shape index (κ1) is 14.1. The van der Waals surface area contributed by atoms with Gasteiger partial charge in [0.2, 0.25) is 0 Å². The van der Waals surface area contributed by atoms with E-state index in [2.05, 4.69) is 16.8 Å². The second kappa shape index (κ2) is 6.20. The first-order valence-electron chi connectivity index (χ1n) is 6.15. The molecule has 1 aliphatic heterocycles. The van der Waals surface area contributed by atoms with Crippen LogP contribution < -0.4 is 0 Å². The third-order valence-electron chi connectivity index (χ3n) is 3.57. The molecular weight excluding hydrogens is 271 g/mol. The molecule has 1 saturated heterocycles. The van der Waals surface area contributed by atoms with Crippen molar-refractivity contribution in [3.63, 3.8) is 0 Å². The zero-order valence-electron chi connectivity index (χ0n) is 10.7. The highest BCUT2D eigenvalue weighted by molar-refractivity contribution is 6.34. The topological polar surface area (TPSA) is 25.4 Å². The van der Waals surface area contributed by atoms with Crippen LogP contribution in [0.15, 0.2) is 12.3 Å². The predicted molar refractivity (Wildman–Crippen MR) is 74.1 cm³/mol. The van der Waals surface area contributed by atoms with Gasteiger partial charge in [0, 0.05) is 37.0 Å². The van der Waals surface area contributed by atoms with Crippen LogP contribution in [0, 0.1) is 5.92 Å². The zero-order valence-corrected chi connectivity index (χ0v) is 12.2. The molecule has 1 aliphatic rings. The van der Waals surface area contributed by atoms with Crippen molar-refractivity contribution in [1.82, 2.24) is 9.88 Å². The van der Waals surface area contributed by atoms with Crippen molar-refractivity contribution in [3.8, 4) is 0 Å². The van der Waals surface area contributed by atoms with E-state index in [0.29, 0.717) is 22.2 Å². The highest BCUT2D eigenvalue weighted by Gasteiger charge is 2.26. The summed E-state index contributed by atoms with van der Waals surface area (Å²) in [6, 6.07) is 1.69. The highest BCUT2D eigenvalue weighted by atomic mass is 35.5. The van der Waals surface area contributed by atoms with Gasteiger partial charge in [-0.2, -0.15) is 0 Å². The number of halogens is 2. The highest BCUT2D eigenvalue weighted by Crippen LogP contribution is 2.24. The van der Waals surface area contributed by atoms with Crippen molar-refractivity contribution in [3.05, 3.63) is 28.0 Å². The van der Waals surface area contributed by atoms with Gasteiger partial charge in [-0.1, -0.05) is 30.1 Å². The number of ether oxygens (including phenoxy) is 1. The second-order valence-corrected chi connectivity index (χ2v) is 5.67. The van der Waals surface area contributed by atoms with Crippen molar-refractivity contribution < 1.29 is 4.74 Å². The van der Waals surface area contributed by atoms with Crippen LogP contribution in [0.1, 0.15) is 18.9 Å². The Morgan fingerprint density at radius 2 is 2.28 bits per heavy atom. The Bertz CT molecular complexity index is 414. The van der Waals surface area contributed by atoms with Gasteiger partial charge in [0.1, 0.15) is 5.15 Å². The number of pyridine rings is 1. The van der Waals surface area contributed by atoms with Crippen molar-refractivity contribution in [1.29, 1.82) is 0 Å². The van der Waals surface area contributed by atoms with Gasteiger partial charge >= 0.3 is 0 Å². The summed E-state index contributed by atoms with van der Waals surface area (Å²) in [6.45, 7) is 5.05. The van der Waals surface area contributed by atoms with E-state index < -0.39 is 0 Å². The summed E-state index contributed by atoms with van der Waals surface area (Å²) >= 11 is 12.0. The number of piperidine rings is 1. The maximum Gasteiger partial charge on any atom is 0.130 e. The molecule has 0 N–H and O–H groups in total. The molecule has 0 spiro atoms. The summed E-state index contributed by atoms with van der Waals surface area (Å²) in [6.07, 6.45) is 3.21. The summed E-state index contributed by atoms with van der Waals surface area (Å²) in [4.78, 5) is 6.43. The Morgan fingerprint density at radius 3 is 2.94 bits per heavy atom. The Balaban J connectivity index is 2.01. The monoisotopic (exact) mass is 288 g/mol. The minimum absolute atomic E-state index is 0.304. The molecule has 1 fully saturated rings. The molecular formula is C13H18Cl2N2O. The molecule has 0 bridgehead atoms. The van der Waals surface area contributed by atoms with E-state index in [0.717, 1.165) is 31.6 Å². The molecule has 0 aliphatic carbocycles. The molecule has 0 radical (unpaired) electrons. The van der Waals surface area contributed by atoms with Crippen LogP contribution in [-0.2, 0) is 11.3 Å². The van der Waals surface area contributed by atoms with Gasteiger partial charge in [0.15, 0.2) is 0 Å². The first-order valence-corrected chi connectivity index (χ1v) is 6.91. The first-order chi connectivity index (χ1) is 8.60. The van der Waals surface area contributed by atoms with Gasteiger partial charge in [-0.25, -0.2) is 4.98 Å². The van der Waals surface area contributed by atoms with Crippen molar-refractivity contribution in [2.45, 2.75) is 26.0 Å². The molecule has 2 rings (SSSR count). The summed E-state index contributed by atoms with van der Waals surface area (Å²) in [5.41, 5.74) is 1.02. The van der Waals surface area contributed by atoms with Gasteiger partial charge in [-0.15, -0.1) is 0 Å². The SMILES string of the molecule is COC1CN(Cc2cnc(Cl)cc2Cl)CCC1C. The van der Waals surface area contributed by atoms with Gasteiger partial charge in [0.05, 0.1) is 6.10 Å². The molecule has 5 heteroatoms. The maximum atomic E-state index is 6.17. The second-order valence-electron chi connectivity index (χ2n) is 4.87. The van der Waals surface area contributed by atoms with Crippen LogP contribution in [0.5, 0.6) is 0 Å². The maximum absolute atomic E-state index is 6.17. The minimum Gasteiger partial charge on any atom is -0.380 e. The molecule has 0 saturated carbocycles. The van der Waals surface area contributed by atoms with Gasteiger partial charge in [-0.05, 0) is 24.9 Å². The number of hydrogen-bond acceptors (Lipinski definition) is 3. The fourth-order valence-corrected chi connectivity index (χ4v) is 2.77. The van der Waals surface area contributed by atoms with Crippen LogP contribution in [0.3, 0.4) is 0 Å².